The highest BCUT2D eigenvalue weighted by molar-refractivity contribution is 5.74. The lowest BCUT2D eigenvalue weighted by atomic mass is 10.2. The van der Waals surface area contributed by atoms with Crippen LogP contribution in [0.5, 0.6) is 0 Å². The Morgan fingerprint density at radius 2 is 1.96 bits per heavy atom. The summed E-state index contributed by atoms with van der Waals surface area (Å²) >= 11 is 0. The van der Waals surface area contributed by atoms with Gasteiger partial charge in [0, 0.05) is 38.9 Å². The van der Waals surface area contributed by atoms with Gasteiger partial charge in [0.2, 0.25) is 0 Å². The molecule has 2 aromatic rings. The van der Waals surface area contributed by atoms with Crippen LogP contribution in [0.4, 0.5) is 15.0 Å². The first-order valence-corrected chi connectivity index (χ1v) is 7.65. The second-order valence-corrected chi connectivity index (χ2v) is 5.45. The lowest BCUT2D eigenvalue weighted by molar-refractivity contribution is 0.194. The molecule has 6 heteroatoms. The van der Waals surface area contributed by atoms with Crippen LogP contribution in [-0.2, 0) is 6.54 Å². The van der Waals surface area contributed by atoms with Crippen molar-refractivity contribution in [3.05, 3.63) is 60.0 Å². The number of hydrogen-bond donors (Lipinski definition) is 1. The third-order valence-electron chi connectivity index (χ3n) is 3.87. The van der Waals surface area contributed by atoms with E-state index in [1.54, 1.807) is 23.2 Å². The van der Waals surface area contributed by atoms with Crippen molar-refractivity contribution >= 4 is 11.8 Å². The molecule has 1 aromatic carbocycles. The molecule has 1 aliphatic heterocycles. The lowest BCUT2D eigenvalue weighted by Crippen LogP contribution is -2.51. The van der Waals surface area contributed by atoms with E-state index in [4.69, 9.17) is 0 Å². The van der Waals surface area contributed by atoms with E-state index in [0.29, 0.717) is 19.6 Å². The number of urea groups is 1. The number of hydrogen-bond acceptors (Lipinski definition) is 3. The molecule has 5 nitrogen and oxygen atoms in total. The summed E-state index contributed by atoms with van der Waals surface area (Å²) in [5, 5.41) is 2.84. The Hall–Kier alpha value is -2.63. The summed E-state index contributed by atoms with van der Waals surface area (Å²) in [6.07, 6.45) is 1.77. The minimum atomic E-state index is -0.291. The highest BCUT2D eigenvalue weighted by Crippen LogP contribution is 2.12. The number of aromatic nitrogens is 1. The summed E-state index contributed by atoms with van der Waals surface area (Å²) in [4.78, 5) is 20.5. The topological polar surface area (TPSA) is 48.5 Å². The Kier molecular flexibility index (Phi) is 4.71. The van der Waals surface area contributed by atoms with Crippen LogP contribution in [0.3, 0.4) is 0 Å². The molecule has 120 valence electrons. The smallest absolute Gasteiger partial charge is 0.317 e. The third-order valence-corrected chi connectivity index (χ3v) is 3.87. The van der Waals surface area contributed by atoms with Crippen molar-refractivity contribution in [2.75, 3.05) is 31.1 Å². The summed E-state index contributed by atoms with van der Waals surface area (Å²) in [6, 6.07) is 12.0. The van der Waals surface area contributed by atoms with Crippen molar-refractivity contribution < 1.29 is 9.18 Å². The van der Waals surface area contributed by atoms with Crippen LogP contribution >= 0.6 is 0 Å². The van der Waals surface area contributed by atoms with Crippen molar-refractivity contribution in [2.24, 2.45) is 0 Å². The van der Waals surface area contributed by atoms with Crippen molar-refractivity contribution in [3.63, 3.8) is 0 Å². The van der Waals surface area contributed by atoms with Crippen molar-refractivity contribution in [1.29, 1.82) is 0 Å². The van der Waals surface area contributed by atoms with Gasteiger partial charge in [0.05, 0.1) is 0 Å². The van der Waals surface area contributed by atoms with Gasteiger partial charge >= 0.3 is 6.03 Å². The summed E-state index contributed by atoms with van der Waals surface area (Å²) < 4.78 is 13.1. The van der Waals surface area contributed by atoms with Gasteiger partial charge in [-0.15, -0.1) is 0 Å². The van der Waals surface area contributed by atoms with Crippen LogP contribution in [0, 0.1) is 5.82 Å². The minimum Gasteiger partial charge on any atom is -0.353 e. The Balaban J connectivity index is 1.48. The number of nitrogens with one attached hydrogen (secondary N) is 1. The van der Waals surface area contributed by atoms with Gasteiger partial charge < -0.3 is 15.1 Å². The molecule has 0 aliphatic carbocycles. The van der Waals surface area contributed by atoms with Gasteiger partial charge in [-0.25, -0.2) is 14.2 Å². The van der Waals surface area contributed by atoms with E-state index in [2.05, 4.69) is 15.2 Å². The number of halogens is 1. The Bertz CT molecular complexity index is 657. The molecule has 0 unspecified atom stereocenters. The summed E-state index contributed by atoms with van der Waals surface area (Å²) in [6.45, 7) is 3.13. The molecule has 0 spiro atoms. The fourth-order valence-corrected chi connectivity index (χ4v) is 2.62. The minimum absolute atomic E-state index is 0.116. The van der Waals surface area contributed by atoms with E-state index in [1.165, 1.54) is 12.1 Å². The molecule has 1 saturated heterocycles. The normalized spacial score (nSPS) is 14.7. The first-order valence-electron chi connectivity index (χ1n) is 7.65. The number of carbonyl (C=O) groups excluding carboxylic acids is 1. The zero-order valence-corrected chi connectivity index (χ0v) is 12.8. The molecule has 0 atom stereocenters. The molecule has 0 bridgehead atoms. The predicted octanol–water partition coefficient (Wildman–Crippen LogP) is 2.25. The van der Waals surface area contributed by atoms with Crippen molar-refractivity contribution in [2.45, 2.75) is 6.54 Å². The number of benzene rings is 1. The number of pyridine rings is 1. The van der Waals surface area contributed by atoms with Gasteiger partial charge in [0.1, 0.15) is 11.6 Å². The van der Waals surface area contributed by atoms with E-state index in [1.807, 2.05) is 18.2 Å². The van der Waals surface area contributed by atoms with Gasteiger partial charge in [-0.1, -0.05) is 18.2 Å². The zero-order valence-electron chi connectivity index (χ0n) is 12.8. The van der Waals surface area contributed by atoms with Crippen LogP contribution in [-0.4, -0.2) is 42.1 Å². The van der Waals surface area contributed by atoms with Gasteiger partial charge in [0.15, 0.2) is 0 Å². The average molecular weight is 314 g/mol. The van der Waals surface area contributed by atoms with Gasteiger partial charge in [0.25, 0.3) is 0 Å². The standard InChI is InChI=1S/C17H19FN4O/c18-15-5-3-4-14(12-15)13-20-17(23)22-10-8-21(9-11-22)16-6-1-2-7-19-16/h1-7,12H,8-11,13H2,(H,20,23). The Morgan fingerprint density at radius 1 is 1.13 bits per heavy atom. The second-order valence-electron chi connectivity index (χ2n) is 5.45. The predicted molar refractivity (Wildman–Crippen MR) is 86.7 cm³/mol. The molecule has 3 rings (SSSR count). The van der Waals surface area contributed by atoms with E-state index >= 15 is 0 Å². The van der Waals surface area contributed by atoms with Crippen LogP contribution in [0.1, 0.15) is 5.56 Å². The summed E-state index contributed by atoms with van der Waals surface area (Å²) in [7, 11) is 0. The Labute approximate surface area is 134 Å². The van der Waals surface area contributed by atoms with E-state index < -0.39 is 0 Å². The molecule has 2 amide bonds. The lowest BCUT2D eigenvalue weighted by Gasteiger charge is -2.35. The van der Waals surface area contributed by atoms with Gasteiger partial charge in [-0.2, -0.15) is 0 Å². The number of rotatable bonds is 3. The van der Waals surface area contributed by atoms with Crippen LogP contribution in [0.25, 0.3) is 0 Å². The third kappa shape index (κ3) is 3.97. The quantitative estimate of drug-likeness (QED) is 0.945. The van der Waals surface area contributed by atoms with Crippen LogP contribution < -0.4 is 10.2 Å². The number of amides is 2. The number of anilines is 1. The average Bonchev–Trinajstić information content (AvgIpc) is 2.61. The van der Waals surface area contributed by atoms with Crippen LogP contribution in [0.2, 0.25) is 0 Å². The summed E-state index contributed by atoms with van der Waals surface area (Å²) in [5.74, 6) is 0.646. The molecular formula is C17H19FN4O. The molecule has 1 fully saturated rings. The first kappa shape index (κ1) is 15.3. The van der Waals surface area contributed by atoms with Gasteiger partial charge in [-0.3, -0.25) is 0 Å². The second kappa shape index (κ2) is 7.09. The fraction of sp³-hybridized carbons (Fsp3) is 0.294. The number of carbonyl (C=O) groups is 1. The molecule has 0 radical (unpaired) electrons. The maximum absolute atomic E-state index is 13.1. The summed E-state index contributed by atoms with van der Waals surface area (Å²) in [5.41, 5.74) is 0.755. The zero-order chi connectivity index (χ0) is 16.1. The molecule has 2 heterocycles. The van der Waals surface area contributed by atoms with E-state index in [9.17, 15) is 9.18 Å². The molecule has 1 N–H and O–H groups in total. The molecule has 1 aromatic heterocycles. The highest BCUT2D eigenvalue weighted by atomic mass is 19.1. The van der Waals surface area contributed by atoms with Crippen molar-refractivity contribution in [3.8, 4) is 0 Å². The fourth-order valence-electron chi connectivity index (χ4n) is 2.62. The number of piperazine rings is 1. The van der Waals surface area contributed by atoms with E-state index in [0.717, 1.165) is 24.5 Å². The van der Waals surface area contributed by atoms with E-state index in [-0.39, 0.29) is 11.8 Å². The Morgan fingerprint density at radius 3 is 2.65 bits per heavy atom. The monoisotopic (exact) mass is 314 g/mol. The van der Waals surface area contributed by atoms with Crippen LogP contribution in [0.15, 0.2) is 48.7 Å². The largest absolute Gasteiger partial charge is 0.353 e. The molecular weight excluding hydrogens is 295 g/mol. The maximum Gasteiger partial charge on any atom is 0.317 e. The van der Waals surface area contributed by atoms with Crippen molar-refractivity contribution in [1.82, 2.24) is 15.2 Å². The highest BCUT2D eigenvalue weighted by Gasteiger charge is 2.21. The number of nitrogens with zero attached hydrogens (tertiary/aromatic N) is 3. The molecule has 0 saturated carbocycles. The maximum atomic E-state index is 13.1. The first-order chi connectivity index (χ1) is 11.2. The van der Waals surface area contributed by atoms with Gasteiger partial charge in [-0.05, 0) is 29.8 Å². The SMILES string of the molecule is O=C(NCc1cccc(F)c1)N1CCN(c2ccccn2)CC1. The molecule has 1 aliphatic rings. The molecule has 23 heavy (non-hydrogen) atoms.